The molecule has 0 spiro atoms. The summed E-state index contributed by atoms with van der Waals surface area (Å²) in [5.41, 5.74) is 0.430. The molecule has 0 aromatic rings. The van der Waals surface area contributed by atoms with E-state index in [4.69, 9.17) is 9.47 Å². The predicted octanol–water partition coefficient (Wildman–Crippen LogP) is 2.94. The topological polar surface area (TPSA) is 67.9 Å². The highest BCUT2D eigenvalue weighted by Crippen LogP contribution is 2.44. The first kappa shape index (κ1) is 16.0. The summed E-state index contributed by atoms with van der Waals surface area (Å²) in [4.78, 5) is 23.7. The molecular weight excluding hydrogens is 270 g/mol. The number of allylic oxidation sites excluding steroid dienone is 1. The molecule has 0 bridgehead atoms. The van der Waals surface area contributed by atoms with Gasteiger partial charge in [0.15, 0.2) is 0 Å². The van der Waals surface area contributed by atoms with Crippen LogP contribution in [-0.4, -0.2) is 29.8 Å². The van der Waals surface area contributed by atoms with Crippen LogP contribution in [0.15, 0.2) is 11.6 Å². The number of imide groups is 1. The summed E-state index contributed by atoms with van der Waals surface area (Å²) in [6.07, 6.45) is 5.00. The van der Waals surface area contributed by atoms with Gasteiger partial charge in [0.1, 0.15) is 5.60 Å². The van der Waals surface area contributed by atoms with Gasteiger partial charge in [-0.3, -0.25) is 10.1 Å². The average molecular weight is 295 g/mol. The van der Waals surface area contributed by atoms with E-state index in [1.807, 2.05) is 6.92 Å². The SMILES string of the molecule is CC(C)(C)OC(=O)NC(=O)C[C@@H](C1=CCCC1)[C@]1(C)CO1. The van der Waals surface area contributed by atoms with Crippen LogP contribution in [0.25, 0.3) is 0 Å². The van der Waals surface area contributed by atoms with Gasteiger partial charge >= 0.3 is 6.09 Å². The zero-order valence-corrected chi connectivity index (χ0v) is 13.3. The van der Waals surface area contributed by atoms with Crippen molar-refractivity contribution in [1.29, 1.82) is 0 Å². The van der Waals surface area contributed by atoms with Crippen molar-refractivity contribution in [1.82, 2.24) is 5.32 Å². The van der Waals surface area contributed by atoms with Crippen LogP contribution in [0.3, 0.4) is 0 Å². The van der Waals surface area contributed by atoms with Crippen LogP contribution in [0.4, 0.5) is 4.79 Å². The second kappa shape index (κ2) is 5.79. The van der Waals surface area contributed by atoms with Crippen LogP contribution in [-0.2, 0) is 14.3 Å². The van der Waals surface area contributed by atoms with Crippen molar-refractivity contribution in [2.45, 2.75) is 64.6 Å². The van der Waals surface area contributed by atoms with Crippen LogP contribution in [0.1, 0.15) is 53.4 Å². The Hall–Kier alpha value is -1.36. The van der Waals surface area contributed by atoms with Crippen molar-refractivity contribution in [2.24, 2.45) is 5.92 Å². The van der Waals surface area contributed by atoms with E-state index in [1.54, 1.807) is 20.8 Å². The third-order valence-electron chi connectivity index (χ3n) is 3.89. The third-order valence-corrected chi connectivity index (χ3v) is 3.89. The first-order valence-electron chi connectivity index (χ1n) is 7.55. The molecule has 0 aromatic carbocycles. The molecule has 0 unspecified atom stereocenters. The molecule has 1 N–H and O–H groups in total. The van der Waals surface area contributed by atoms with E-state index in [2.05, 4.69) is 11.4 Å². The molecule has 1 saturated heterocycles. The number of hydrogen-bond acceptors (Lipinski definition) is 4. The normalized spacial score (nSPS) is 26.0. The minimum absolute atomic E-state index is 0.0578. The lowest BCUT2D eigenvalue weighted by Crippen LogP contribution is -2.38. The minimum Gasteiger partial charge on any atom is -0.444 e. The molecule has 2 atom stereocenters. The number of carbonyl (C=O) groups is 2. The van der Waals surface area contributed by atoms with Gasteiger partial charge in [-0.15, -0.1) is 0 Å². The highest BCUT2D eigenvalue weighted by Gasteiger charge is 2.49. The standard InChI is InChI=1S/C16H25NO4/c1-15(2,3)21-14(19)17-13(18)9-12(16(4)10-20-16)11-7-5-6-8-11/h7,12H,5-6,8-10H2,1-4H3,(H,17,18,19)/t12-,16-/m0/s1. The maximum absolute atomic E-state index is 12.1. The van der Waals surface area contributed by atoms with Gasteiger partial charge in [0, 0.05) is 12.3 Å². The average Bonchev–Trinajstić information content (AvgIpc) is 2.88. The van der Waals surface area contributed by atoms with Gasteiger partial charge in [0.25, 0.3) is 0 Å². The van der Waals surface area contributed by atoms with E-state index in [0.717, 1.165) is 19.3 Å². The summed E-state index contributed by atoms with van der Waals surface area (Å²) in [5, 5.41) is 2.31. The van der Waals surface area contributed by atoms with Gasteiger partial charge in [-0.2, -0.15) is 0 Å². The van der Waals surface area contributed by atoms with Gasteiger partial charge in [0.05, 0.1) is 12.2 Å². The molecular formula is C16H25NO4. The Morgan fingerprint density at radius 1 is 1.48 bits per heavy atom. The maximum Gasteiger partial charge on any atom is 0.414 e. The van der Waals surface area contributed by atoms with Crippen molar-refractivity contribution in [3.63, 3.8) is 0 Å². The summed E-state index contributed by atoms with van der Waals surface area (Å²) in [5.74, 6) is -0.249. The number of amides is 2. The van der Waals surface area contributed by atoms with Crippen LogP contribution in [0.2, 0.25) is 0 Å². The van der Waals surface area contributed by atoms with E-state index in [9.17, 15) is 9.59 Å². The van der Waals surface area contributed by atoms with Crippen LogP contribution >= 0.6 is 0 Å². The molecule has 1 aliphatic carbocycles. The fourth-order valence-corrected chi connectivity index (χ4v) is 2.72. The van der Waals surface area contributed by atoms with Crippen LogP contribution in [0, 0.1) is 5.92 Å². The molecule has 1 aliphatic heterocycles. The van der Waals surface area contributed by atoms with Gasteiger partial charge in [-0.25, -0.2) is 4.79 Å². The summed E-state index contributed by atoms with van der Waals surface area (Å²) in [7, 11) is 0. The van der Waals surface area contributed by atoms with Crippen molar-refractivity contribution in [3.8, 4) is 0 Å². The van der Waals surface area contributed by atoms with Crippen LogP contribution in [0.5, 0.6) is 0 Å². The molecule has 0 radical (unpaired) electrons. The second-order valence-electron chi connectivity index (χ2n) is 7.08. The first-order chi connectivity index (χ1) is 9.70. The van der Waals surface area contributed by atoms with Crippen molar-refractivity contribution in [2.75, 3.05) is 6.61 Å². The molecule has 0 aromatic heterocycles. The minimum atomic E-state index is -0.687. The fourth-order valence-electron chi connectivity index (χ4n) is 2.72. The predicted molar refractivity (Wildman–Crippen MR) is 78.8 cm³/mol. The Balaban J connectivity index is 1.91. The number of nitrogens with one attached hydrogen (secondary N) is 1. The molecule has 1 heterocycles. The number of hydrogen-bond donors (Lipinski definition) is 1. The Kier molecular flexibility index (Phi) is 4.42. The molecule has 2 amide bonds. The van der Waals surface area contributed by atoms with Crippen molar-refractivity contribution < 1.29 is 19.1 Å². The number of rotatable bonds is 4. The zero-order valence-electron chi connectivity index (χ0n) is 13.3. The molecule has 5 nitrogen and oxygen atoms in total. The van der Waals surface area contributed by atoms with Gasteiger partial charge in [-0.1, -0.05) is 11.6 Å². The van der Waals surface area contributed by atoms with Crippen molar-refractivity contribution >= 4 is 12.0 Å². The Morgan fingerprint density at radius 2 is 2.14 bits per heavy atom. The third kappa shape index (κ3) is 4.56. The second-order valence-corrected chi connectivity index (χ2v) is 7.08. The Morgan fingerprint density at radius 3 is 2.62 bits per heavy atom. The molecule has 1 fully saturated rings. The number of ether oxygens (including phenoxy) is 2. The van der Waals surface area contributed by atoms with E-state index < -0.39 is 11.7 Å². The fraction of sp³-hybridized carbons (Fsp3) is 0.750. The monoisotopic (exact) mass is 295 g/mol. The van der Waals surface area contributed by atoms with Gasteiger partial charge in [-0.05, 0) is 47.0 Å². The van der Waals surface area contributed by atoms with E-state index in [0.29, 0.717) is 6.61 Å². The summed E-state index contributed by atoms with van der Waals surface area (Å²) in [6, 6.07) is 0. The smallest absolute Gasteiger partial charge is 0.414 e. The molecule has 21 heavy (non-hydrogen) atoms. The number of epoxide rings is 1. The lowest BCUT2D eigenvalue weighted by atomic mass is 9.84. The summed E-state index contributed by atoms with van der Waals surface area (Å²) in [6.45, 7) is 8.00. The molecule has 2 rings (SSSR count). The largest absolute Gasteiger partial charge is 0.444 e. The molecule has 118 valence electrons. The lowest BCUT2D eigenvalue weighted by Gasteiger charge is -2.23. The summed E-state index contributed by atoms with van der Waals surface area (Å²) >= 11 is 0. The molecule has 2 aliphatic rings. The molecule has 5 heteroatoms. The van der Waals surface area contributed by atoms with E-state index >= 15 is 0 Å². The van der Waals surface area contributed by atoms with Crippen molar-refractivity contribution in [3.05, 3.63) is 11.6 Å². The van der Waals surface area contributed by atoms with Crippen LogP contribution < -0.4 is 5.32 Å². The zero-order chi connectivity index (χ0) is 15.7. The number of alkyl carbamates (subject to hydrolysis) is 1. The maximum atomic E-state index is 12.1. The molecule has 0 saturated carbocycles. The quantitative estimate of drug-likeness (QED) is 0.639. The van der Waals surface area contributed by atoms with Gasteiger partial charge < -0.3 is 9.47 Å². The van der Waals surface area contributed by atoms with E-state index in [-0.39, 0.29) is 23.8 Å². The highest BCUT2D eigenvalue weighted by atomic mass is 16.6. The highest BCUT2D eigenvalue weighted by molar-refractivity contribution is 5.92. The van der Waals surface area contributed by atoms with E-state index in [1.165, 1.54) is 5.57 Å². The summed E-state index contributed by atoms with van der Waals surface area (Å²) < 4.78 is 10.6. The van der Waals surface area contributed by atoms with Gasteiger partial charge in [0.2, 0.25) is 5.91 Å². The Bertz CT molecular complexity index is 457. The number of carbonyl (C=O) groups excluding carboxylic acids is 2. The first-order valence-corrected chi connectivity index (χ1v) is 7.55. The lowest BCUT2D eigenvalue weighted by molar-refractivity contribution is -0.121. The Labute approximate surface area is 126 Å².